The molecule has 2 unspecified atom stereocenters. The van der Waals surface area contributed by atoms with Gasteiger partial charge in [0.05, 0.1) is 13.2 Å². The first-order valence-electron chi connectivity index (χ1n) is 8.73. The molecule has 3 rings (SSSR count). The van der Waals surface area contributed by atoms with E-state index in [9.17, 15) is 4.79 Å². The van der Waals surface area contributed by atoms with Crippen LogP contribution in [-0.2, 0) is 9.53 Å². The van der Waals surface area contributed by atoms with Gasteiger partial charge in [0.1, 0.15) is 0 Å². The number of halogens is 2. The summed E-state index contributed by atoms with van der Waals surface area (Å²) in [4.78, 5) is 17.4. The number of morpholine rings is 1. The Balaban J connectivity index is 0.00000144. The summed E-state index contributed by atoms with van der Waals surface area (Å²) in [5.74, 6) is 2.61. The molecule has 1 N–H and O–H groups in total. The van der Waals surface area contributed by atoms with Gasteiger partial charge >= 0.3 is 0 Å². The zero-order chi connectivity index (χ0) is 15.2. The van der Waals surface area contributed by atoms with Crippen molar-refractivity contribution in [2.75, 3.05) is 57.4 Å². The van der Waals surface area contributed by atoms with E-state index >= 15 is 0 Å². The van der Waals surface area contributed by atoms with Crippen molar-refractivity contribution < 1.29 is 9.53 Å². The van der Waals surface area contributed by atoms with E-state index in [1.165, 1.54) is 12.2 Å². The van der Waals surface area contributed by atoms with Gasteiger partial charge in [-0.05, 0) is 19.3 Å². The van der Waals surface area contributed by atoms with Crippen LogP contribution < -0.4 is 5.32 Å². The Bertz CT molecular complexity index is 367. The quantitative estimate of drug-likeness (QED) is 0.778. The lowest BCUT2D eigenvalue weighted by atomic mass is 10.00. The molecule has 3 aliphatic rings. The van der Waals surface area contributed by atoms with Gasteiger partial charge in [-0.3, -0.25) is 9.69 Å². The minimum atomic E-state index is 0. The van der Waals surface area contributed by atoms with Crippen LogP contribution in [0, 0.1) is 0 Å². The van der Waals surface area contributed by atoms with Crippen molar-refractivity contribution in [2.24, 2.45) is 0 Å². The lowest BCUT2D eigenvalue weighted by molar-refractivity contribution is -0.136. The Labute approximate surface area is 162 Å². The third-order valence-corrected chi connectivity index (χ3v) is 6.07. The highest BCUT2D eigenvalue weighted by Gasteiger charge is 2.30. The molecule has 3 aliphatic heterocycles. The van der Waals surface area contributed by atoms with E-state index < -0.39 is 0 Å². The highest BCUT2D eigenvalue weighted by molar-refractivity contribution is 7.99. The summed E-state index contributed by atoms with van der Waals surface area (Å²) < 4.78 is 5.43. The van der Waals surface area contributed by atoms with Crippen LogP contribution >= 0.6 is 36.6 Å². The van der Waals surface area contributed by atoms with Gasteiger partial charge in [-0.25, -0.2) is 0 Å². The van der Waals surface area contributed by atoms with Gasteiger partial charge in [-0.2, -0.15) is 11.8 Å². The van der Waals surface area contributed by atoms with E-state index in [-0.39, 0.29) is 24.8 Å². The summed E-state index contributed by atoms with van der Waals surface area (Å²) in [6.07, 6.45) is 4.26. The molecule has 0 aliphatic carbocycles. The van der Waals surface area contributed by atoms with Crippen LogP contribution in [0.1, 0.15) is 25.7 Å². The topological polar surface area (TPSA) is 44.8 Å². The van der Waals surface area contributed by atoms with E-state index in [0.29, 0.717) is 24.4 Å². The first kappa shape index (κ1) is 22.3. The summed E-state index contributed by atoms with van der Waals surface area (Å²) in [5, 5.41) is 3.49. The Hall–Kier alpha value is 0.280. The Morgan fingerprint density at radius 2 is 1.96 bits per heavy atom. The van der Waals surface area contributed by atoms with Gasteiger partial charge in [-0.15, -0.1) is 24.8 Å². The molecule has 1 amide bonds. The van der Waals surface area contributed by atoms with E-state index in [0.717, 1.165) is 64.5 Å². The molecular weight excluding hydrogens is 369 g/mol. The van der Waals surface area contributed by atoms with Crippen molar-refractivity contribution in [3.63, 3.8) is 0 Å². The average molecular weight is 400 g/mol. The van der Waals surface area contributed by atoms with E-state index in [1.807, 2.05) is 11.8 Å². The maximum absolute atomic E-state index is 12.8. The molecule has 2 atom stereocenters. The average Bonchev–Trinajstić information content (AvgIpc) is 2.57. The largest absolute Gasteiger partial charge is 0.379 e. The van der Waals surface area contributed by atoms with Gasteiger partial charge in [-0.1, -0.05) is 0 Å². The molecule has 0 aromatic rings. The van der Waals surface area contributed by atoms with Crippen molar-refractivity contribution in [3.05, 3.63) is 0 Å². The van der Waals surface area contributed by atoms with Crippen molar-refractivity contribution in [2.45, 2.75) is 37.8 Å². The summed E-state index contributed by atoms with van der Waals surface area (Å²) in [7, 11) is 0. The van der Waals surface area contributed by atoms with E-state index in [1.54, 1.807) is 0 Å². The smallest absolute Gasteiger partial charge is 0.224 e. The number of thioether (sulfide) groups is 1. The lowest BCUT2D eigenvalue weighted by Crippen LogP contribution is -2.52. The molecular formula is C16H31Cl2N3O2S. The first-order chi connectivity index (χ1) is 10.8. The van der Waals surface area contributed by atoms with E-state index in [2.05, 4.69) is 15.1 Å². The molecule has 142 valence electrons. The molecule has 0 radical (unpaired) electrons. The molecule has 0 aromatic carbocycles. The molecule has 0 aromatic heterocycles. The molecule has 3 heterocycles. The number of ether oxygens (including phenoxy) is 1. The fraction of sp³-hybridized carbons (Fsp3) is 0.938. The van der Waals surface area contributed by atoms with Crippen molar-refractivity contribution in [3.8, 4) is 0 Å². The lowest BCUT2D eigenvalue weighted by Gasteiger charge is -2.40. The Morgan fingerprint density at radius 3 is 2.67 bits per heavy atom. The molecule has 3 fully saturated rings. The number of hydrogen-bond acceptors (Lipinski definition) is 5. The number of nitrogens with one attached hydrogen (secondary N) is 1. The molecule has 0 bridgehead atoms. The number of nitrogens with zero attached hydrogens (tertiary/aromatic N) is 2. The van der Waals surface area contributed by atoms with Crippen LogP contribution in [0.15, 0.2) is 0 Å². The monoisotopic (exact) mass is 399 g/mol. The molecule has 0 saturated carbocycles. The Morgan fingerprint density at radius 1 is 1.17 bits per heavy atom. The van der Waals surface area contributed by atoms with Crippen LogP contribution in [0.3, 0.4) is 0 Å². The number of carbonyl (C=O) groups is 1. The predicted molar refractivity (Wildman–Crippen MR) is 105 cm³/mol. The molecule has 0 spiro atoms. The number of carbonyl (C=O) groups excluding carboxylic acids is 1. The normalized spacial score (nSPS) is 28.6. The standard InChI is InChI=1S/C16H29N3O2S.2ClH/c20-16(11-14-13-22-10-4-17-14)19-5-2-1-3-15(19)12-18-6-8-21-9-7-18;;/h14-15,17H,1-13H2;2*1H. The minimum absolute atomic E-state index is 0. The van der Waals surface area contributed by atoms with Crippen LogP contribution in [0.2, 0.25) is 0 Å². The second-order valence-electron chi connectivity index (χ2n) is 6.58. The number of likely N-dealkylation sites (tertiary alicyclic amines) is 1. The summed E-state index contributed by atoms with van der Waals surface area (Å²) >= 11 is 1.97. The van der Waals surface area contributed by atoms with Gasteiger partial charge in [0.2, 0.25) is 5.91 Å². The molecule has 3 saturated heterocycles. The van der Waals surface area contributed by atoms with E-state index in [4.69, 9.17) is 4.74 Å². The van der Waals surface area contributed by atoms with Crippen molar-refractivity contribution in [1.82, 2.24) is 15.1 Å². The summed E-state index contributed by atoms with van der Waals surface area (Å²) in [5.41, 5.74) is 0. The maximum Gasteiger partial charge on any atom is 0.224 e. The van der Waals surface area contributed by atoms with Gasteiger partial charge in [0.15, 0.2) is 0 Å². The third-order valence-electron chi connectivity index (χ3n) is 4.94. The van der Waals surface area contributed by atoms with Gasteiger partial charge < -0.3 is 15.0 Å². The van der Waals surface area contributed by atoms with Crippen LogP contribution in [0.4, 0.5) is 0 Å². The van der Waals surface area contributed by atoms with Gasteiger partial charge in [0.25, 0.3) is 0 Å². The molecule has 24 heavy (non-hydrogen) atoms. The fourth-order valence-electron chi connectivity index (χ4n) is 3.68. The van der Waals surface area contributed by atoms with Crippen LogP contribution in [0.25, 0.3) is 0 Å². The highest BCUT2D eigenvalue weighted by Crippen LogP contribution is 2.21. The van der Waals surface area contributed by atoms with Crippen LogP contribution in [-0.4, -0.2) is 85.2 Å². The Kier molecular flexibility index (Phi) is 11.0. The number of hydrogen-bond donors (Lipinski definition) is 1. The highest BCUT2D eigenvalue weighted by atomic mass is 35.5. The summed E-state index contributed by atoms with van der Waals surface area (Å²) in [6.45, 7) is 6.72. The fourth-order valence-corrected chi connectivity index (χ4v) is 4.63. The minimum Gasteiger partial charge on any atom is -0.379 e. The predicted octanol–water partition coefficient (Wildman–Crippen LogP) is 1.64. The first-order valence-corrected chi connectivity index (χ1v) is 9.89. The van der Waals surface area contributed by atoms with Crippen molar-refractivity contribution >= 4 is 42.5 Å². The number of piperidine rings is 1. The van der Waals surface area contributed by atoms with Crippen LogP contribution in [0.5, 0.6) is 0 Å². The second kappa shape index (κ2) is 11.8. The zero-order valence-electron chi connectivity index (χ0n) is 14.3. The number of amides is 1. The second-order valence-corrected chi connectivity index (χ2v) is 7.73. The zero-order valence-corrected chi connectivity index (χ0v) is 16.7. The summed E-state index contributed by atoms with van der Waals surface area (Å²) in [6, 6.07) is 0.785. The maximum atomic E-state index is 12.8. The molecule has 5 nitrogen and oxygen atoms in total. The van der Waals surface area contributed by atoms with Gasteiger partial charge in [0, 0.05) is 62.7 Å². The molecule has 8 heteroatoms. The number of rotatable bonds is 4. The van der Waals surface area contributed by atoms with Crippen molar-refractivity contribution in [1.29, 1.82) is 0 Å². The third kappa shape index (κ3) is 6.54. The SMILES string of the molecule is Cl.Cl.O=C(CC1CSCCN1)N1CCCCC1CN1CCOCC1.